The number of aromatic nitrogens is 5. The number of rotatable bonds is 4. The van der Waals surface area contributed by atoms with E-state index in [1.807, 2.05) is 32.2 Å². The van der Waals surface area contributed by atoms with Gasteiger partial charge in [0.05, 0.1) is 34.6 Å². The number of imidazole rings is 1. The molecule has 192 valence electrons. The van der Waals surface area contributed by atoms with E-state index in [1.54, 1.807) is 9.58 Å². The van der Waals surface area contributed by atoms with Gasteiger partial charge in [-0.25, -0.2) is 18.4 Å². The molecule has 2 aliphatic rings. The maximum absolute atomic E-state index is 14.1. The fraction of sp³-hybridized carbons (Fsp3) is 0.407. The summed E-state index contributed by atoms with van der Waals surface area (Å²) in [6, 6.07) is 9.34. The standard InChI is InChI=1S/C27H28F2N6O2/c1-15-26(33(2)32-31-15)16-3-10-23-22(13-16)30-27(35(23)17-4-7-19(36)8-5-17)24-11-12-25(37)34(24)18-6-9-20(28)21(29)14-18/h3,6,9-10,13-14,17,19,24,36H,4-5,7-8,11-12H2,1-2H3/t17?,19?,24-/m0/s1. The fourth-order valence-electron chi connectivity index (χ4n) is 5.94. The van der Waals surface area contributed by atoms with Gasteiger partial charge in [0.15, 0.2) is 11.6 Å². The molecule has 0 unspecified atom stereocenters. The van der Waals surface area contributed by atoms with Crippen molar-refractivity contribution in [3.05, 3.63) is 59.6 Å². The second-order valence-electron chi connectivity index (χ2n) is 10.1. The number of amides is 1. The molecular weight excluding hydrogens is 478 g/mol. The van der Waals surface area contributed by atoms with Crippen molar-refractivity contribution in [3.63, 3.8) is 0 Å². The van der Waals surface area contributed by atoms with Crippen LogP contribution in [0.15, 0.2) is 36.4 Å². The number of hydrogen-bond acceptors (Lipinski definition) is 5. The smallest absolute Gasteiger partial charge is 0.227 e. The third kappa shape index (κ3) is 3.99. The van der Waals surface area contributed by atoms with Gasteiger partial charge in [0.1, 0.15) is 5.82 Å². The zero-order valence-electron chi connectivity index (χ0n) is 20.7. The first kappa shape index (κ1) is 23.7. The average molecular weight is 507 g/mol. The van der Waals surface area contributed by atoms with Gasteiger partial charge >= 0.3 is 0 Å². The van der Waals surface area contributed by atoms with Crippen LogP contribution >= 0.6 is 0 Å². The Morgan fingerprint density at radius 3 is 2.49 bits per heavy atom. The molecule has 0 radical (unpaired) electrons. The number of fused-ring (bicyclic) bond motifs is 1. The summed E-state index contributed by atoms with van der Waals surface area (Å²) in [7, 11) is 1.85. The number of halogens is 2. The van der Waals surface area contributed by atoms with Crippen molar-refractivity contribution < 1.29 is 18.7 Å². The molecule has 6 rings (SSSR count). The second-order valence-corrected chi connectivity index (χ2v) is 10.1. The second kappa shape index (κ2) is 9.02. The number of hydrogen-bond donors (Lipinski definition) is 1. The summed E-state index contributed by atoms with van der Waals surface area (Å²) in [6.45, 7) is 1.91. The molecule has 1 atom stereocenters. The lowest BCUT2D eigenvalue weighted by atomic mass is 9.92. The minimum atomic E-state index is -0.990. The first-order valence-corrected chi connectivity index (χ1v) is 12.7. The van der Waals surface area contributed by atoms with Crippen LogP contribution in [-0.2, 0) is 11.8 Å². The number of aliphatic hydroxyl groups is 1. The van der Waals surface area contributed by atoms with Crippen LogP contribution in [0.3, 0.4) is 0 Å². The van der Waals surface area contributed by atoms with Crippen molar-refractivity contribution in [1.82, 2.24) is 24.5 Å². The number of aryl methyl sites for hydroxylation is 2. The number of nitrogens with zero attached hydrogens (tertiary/aromatic N) is 6. The predicted octanol–water partition coefficient (Wildman–Crippen LogP) is 4.76. The van der Waals surface area contributed by atoms with Gasteiger partial charge in [0, 0.05) is 36.8 Å². The minimum Gasteiger partial charge on any atom is -0.393 e. The van der Waals surface area contributed by atoms with E-state index in [0.29, 0.717) is 31.4 Å². The Hall–Kier alpha value is -3.66. The maximum Gasteiger partial charge on any atom is 0.227 e. The van der Waals surface area contributed by atoms with Crippen molar-refractivity contribution in [2.24, 2.45) is 7.05 Å². The molecule has 2 fully saturated rings. The third-order valence-electron chi connectivity index (χ3n) is 7.71. The number of carbonyl (C=O) groups is 1. The molecule has 3 heterocycles. The topological polar surface area (TPSA) is 89.1 Å². The van der Waals surface area contributed by atoms with Crippen LogP contribution in [0.1, 0.15) is 62.1 Å². The predicted molar refractivity (Wildman–Crippen MR) is 134 cm³/mol. The van der Waals surface area contributed by atoms with Crippen LogP contribution in [0.25, 0.3) is 22.3 Å². The number of benzene rings is 2. The molecule has 0 bridgehead atoms. The van der Waals surface area contributed by atoms with E-state index in [4.69, 9.17) is 4.98 Å². The quantitative estimate of drug-likeness (QED) is 0.431. The highest BCUT2D eigenvalue weighted by molar-refractivity contribution is 5.96. The summed E-state index contributed by atoms with van der Waals surface area (Å²) < 4.78 is 31.7. The molecule has 37 heavy (non-hydrogen) atoms. The molecule has 2 aromatic carbocycles. The van der Waals surface area contributed by atoms with Gasteiger partial charge in [0.25, 0.3) is 0 Å². The Kier molecular flexibility index (Phi) is 5.78. The summed E-state index contributed by atoms with van der Waals surface area (Å²) in [5.74, 6) is -1.36. The molecule has 1 aliphatic heterocycles. The molecule has 1 aliphatic carbocycles. The maximum atomic E-state index is 14.1. The van der Waals surface area contributed by atoms with Crippen molar-refractivity contribution in [2.45, 2.75) is 63.6 Å². The van der Waals surface area contributed by atoms with Gasteiger partial charge < -0.3 is 14.6 Å². The van der Waals surface area contributed by atoms with Gasteiger partial charge in [-0.15, -0.1) is 5.10 Å². The summed E-state index contributed by atoms with van der Waals surface area (Å²) in [5.41, 5.74) is 4.70. The highest BCUT2D eigenvalue weighted by Crippen LogP contribution is 2.42. The molecular formula is C27H28F2N6O2. The van der Waals surface area contributed by atoms with Crippen LogP contribution in [0.5, 0.6) is 0 Å². The highest BCUT2D eigenvalue weighted by atomic mass is 19.2. The minimum absolute atomic E-state index is 0.108. The lowest BCUT2D eigenvalue weighted by molar-refractivity contribution is -0.117. The lowest BCUT2D eigenvalue weighted by Crippen LogP contribution is -2.31. The zero-order chi connectivity index (χ0) is 25.8. The van der Waals surface area contributed by atoms with Gasteiger partial charge in [-0.3, -0.25) is 4.79 Å². The SMILES string of the molecule is Cc1nnn(C)c1-c1ccc2c(c1)nc([C@@H]1CCC(=O)N1c1ccc(F)c(F)c1)n2C1CCC(O)CC1. The van der Waals surface area contributed by atoms with Crippen LogP contribution in [0.2, 0.25) is 0 Å². The zero-order valence-corrected chi connectivity index (χ0v) is 20.7. The Labute approximate surface area is 212 Å². The van der Waals surface area contributed by atoms with Crippen molar-refractivity contribution in [2.75, 3.05) is 4.90 Å². The van der Waals surface area contributed by atoms with E-state index in [2.05, 4.69) is 14.9 Å². The number of aliphatic hydroxyl groups excluding tert-OH is 1. The number of anilines is 1. The van der Waals surface area contributed by atoms with Crippen LogP contribution < -0.4 is 4.90 Å². The normalized spacial score (nSPS) is 22.4. The molecule has 10 heteroatoms. The van der Waals surface area contributed by atoms with Gasteiger partial charge in [-0.2, -0.15) is 0 Å². The van der Waals surface area contributed by atoms with Crippen molar-refractivity contribution >= 4 is 22.6 Å². The average Bonchev–Trinajstić information content (AvgIpc) is 3.55. The molecule has 0 spiro atoms. The summed E-state index contributed by atoms with van der Waals surface area (Å²) in [4.78, 5) is 19.6. The first-order valence-electron chi connectivity index (χ1n) is 12.7. The monoisotopic (exact) mass is 506 g/mol. The molecule has 1 saturated heterocycles. The molecule has 1 saturated carbocycles. The van der Waals surface area contributed by atoms with Crippen molar-refractivity contribution in [3.8, 4) is 11.3 Å². The molecule has 1 N–H and O–H groups in total. The summed E-state index contributed by atoms with van der Waals surface area (Å²) >= 11 is 0. The Bertz CT molecular complexity index is 1480. The van der Waals surface area contributed by atoms with Crippen LogP contribution in [0, 0.1) is 18.6 Å². The van der Waals surface area contributed by atoms with E-state index < -0.39 is 17.7 Å². The van der Waals surface area contributed by atoms with Crippen LogP contribution in [-0.4, -0.2) is 41.7 Å². The molecule has 8 nitrogen and oxygen atoms in total. The molecule has 2 aromatic heterocycles. The van der Waals surface area contributed by atoms with Gasteiger partial charge in [0.2, 0.25) is 5.91 Å². The van der Waals surface area contributed by atoms with Gasteiger partial charge in [-0.1, -0.05) is 11.3 Å². The Balaban J connectivity index is 1.50. The Morgan fingerprint density at radius 1 is 1.00 bits per heavy atom. The van der Waals surface area contributed by atoms with E-state index in [1.165, 1.54) is 6.07 Å². The van der Waals surface area contributed by atoms with Crippen molar-refractivity contribution in [1.29, 1.82) is 0 Å². The number of carbonyl (C=O) groups excluding carboxylic acids is 1. The largest absolute Gasteiger partial charge is 0.393 e. The van der Waals surface area contributed by atoms with E-state index >= 15 is 0 Å². The molecule has 1 amide bonds. The van der Waals surface area contributed by atoms with Gasteiger partial charge in [-0.05, 0) is 63.3 Å². The first-order chi connectivity index (χ1) is 17.8. The Morgan fingerprint density at radius 2 is 1.78 bits per heavy atom. The van der Waals surface area contributed by atoms with Crippen LogP contribution in [0.4, 0.5) is 14.5 Å². The van der Waals surface area contributed by atoms with E-state index in [-0.39, 0.29) is 18.1 Å². The fourth-order valence-corrected chi connectivity index (χ4v) is 5.94. The highest BCUT2D eigenvalue weighted by Gasteiger charge is 2.38. The van der Waals surface area contributed by atoms with E-state index in [0.717, 1.165) is 58.8 Å². The third-order valence-corrected chi connectivity index (χ3v) is 7.71. The van der Waals surface area contributed by atoms with E-state index in [9.17, 15) is 18.7 Å². The molecule has 4 aromatic rings. The summed E-state index contributed by atoms with van der Waals surface area (Å²) in [6.07, 6.45) is 3.47. The lowest BCUT2D eigenvalue weighted by Gasteiger charge is -2.31. The summed E-state index contributed by atoms with van der Waals surface area (Å²) in [5, 5.41) is 18.4.